The molecule has 1 fully saturated rings. The maximum atomic E-state index is 4.84. The Labute approximate surface area is 166 Å². The van der Waals surface area contributed by atoms with E-state index in [4.69, 9.17) is 4.98 Å². The lowest BCUT2D eigenvalue weighted by Crippen LogP contribution is -2.36. The van der Waals surface area contributed by atoms with E-state index < -0.39 is 0 Å². The molecule has 4 rings (SSSR count). The highest BCUT2D eigenvalue weighted by Gasteiger charge is 2.22. The number of pyridine rings is 1. The summed E-state index contributed by atoms with van der Waals surface area (Å²) in [6.45, 7) is 5.41. The molecule has 1 aliphatic rings. The van der Waals surface area contributed by atoms with Crippen molar-refractivity contribution >= 4 is 11.6 Å². The SMILES string of the molecule is Cc1cc(Nc2ncccn2)cc(C2CCCN(CCc3ccccc3)C2)n1. The monoisotopic (exact) mass is 373 g/mol. The molecule has 0 amide bonds. The fourth-order valence-corrected chi connectivity index (χ4v) is 3.90. The van der Waals surface area contributed by atoms with Gasteiger partial charge in [-0.3, -0.25) is 4.98 Å². The van der Waals surface area contributed by atoms with E-state index in [0.717, 1.165) is 30.9 Å². The number of aromatic nitrogens is 3. The molecular weight excluding hydrogens is 346 g/mol. The Morgan fingerprint density at radius 2 is 1.89 bits per heavy atom. The van der Waals surface area contributed by atoms with Gasteiger partial charge in [-0.1, -0.05) is 30.3 Å². The van der Waals surface area contributed by atoms with Crippen molar-refractivity contribution in [1.29, 1.82) is 0 Å². The van der Waals surface area contributed by atoms with Gasteiger partial charge in [0.15, 0.2) is 0 Å². The van der Waals surface area contributed by atoms with E-state index in [9.17, 15) is 0 Å². The summed E-state index contributed by atoms with van der Waals surface area (Å²) in [7, 11) is 0. The summed E-state index contributed by atoms with van der Waals surface area (Å²) in [4.78, 5) is 15.9. The van der Waals surface area contributed by atoms with Crippen LogP contribution in [-0.2, 0) is 6.42 Å². The molecule has 0 bridgehead atoms. The Morgan fingerprint density at radius 3 is 2.71 bits per heavy atom. The predicted molar refractivity (Wildman–Crippen MR) is 113 cm³/mol. The van der Waals surface area contributed by atoms with Crippen molar-refractivity contribution in [3.63, 3.8) is 0 Å². The zero-order valence-electron chi connectivity index (χ0n) is 16.4. The van der Waals surface area contributed by atoms with Crippen molar-refractivity contribution in [2.75, 3.05) is 25.0 Å². The van der Waals surface area contributed by atoms with E-state index in [2.05, 4.69) is 69.6 Å². The van der Waals surface area contributed by atoms with E-state index in [1.165, 1.54) is 30.6 Å². The molecule has 1 saturated heterocycles. The van der Waals surface area contributed by atoms with Crippen LogP contribution in [0.2, 0.25) is 0 Å². The Hall–Kier alpha value is -2.79. The molecule has 5 nitrogen and oxygen atoms in total. The second kappa shape index (κ2) is 8.93. The van der Waals surface area contributed by atoms with Crippen LogP contribution in [0, 0.1) is 6.92 Å². The summed E-state index contributed by atoms with van der Waals surface area (Å²) in [5.74, 6) is 1.09. The molecule has 1 unspecified atom stereocenters. The molecule has 5 heteroatoms. The standard InChI is InChI=1S/C23H27N5/c1-18-15-21(27-23-24-11-6-12-25-23)16-22(26-18)20-9-5-13-28(17-20)14-10-19-7-3-2-4-8-19/h2-4,6-8,11-12,15-16,20H,5,9-10,13-14,17H2,1H3,(H,24,25,26,27). The first-order chi connectivity index (χ1) is 13.8. The largest absolute Gasteiger partial charge is 0.324 e. The van der Waals surface area contributed by atoms with E-state index in [-0.39, 0.29) is 0 Å². The summed E-state index contributed by atoms with van der Waals surface area (Å²) in [5, 5.41) is 3.31. The third-order valence-electron chi connectivity index (χ3n) is 5.28. The highest BCUT2D eigenvalue weighted by Crippen LogP contribution is 2.28. The van der Waals surface area contributed by atoms with Crippen molar-refractivity contribution in [1.82, 2.24) is 19.9 Å². The topological polar surface area (TPSA) is 53.9 Å². The molecule has 28 heavy (non-hydrogen) atoms. The molecule has 0 aliphatic carbocycles. The number of nitrogens with zero attached hydrogens (tertiary/aromatic N) is 4. The van der Waals surface area contributed by atoms with Crippen molar-refractivity contribution in [3.05, 3.63) is 77.9 Å². The summed E-state index contributed by atoms with van der Waals surface area (Å²) in [6, 6.07) is 16.8. The molecule has 0 radical (unpaired) electrons. The Bertz CT molecular complexity index is 882. The Morgan fingerprint density at radius 1 is 1.07 bits per heavy atom. The van der Waals surface area contributed by atoms with Gasteiger partial charge in [-0.05, 0) is 56.5 Å². The lowest BCUT2D eigenvalue weighted by molar-refractivity contribution is 0.208. The van der Waals surface area contributed by atoms with E-state index >= 15 is 0 Å². The number of likely N-dealkylation sites (tertiary alicyclic amines) is 1. The number of benzene rings is 1. The van der Waals surface area contributed by atoms with Gasteiger partial charge in [0.1, 0.15) is 0 Å². The lowest BCUT2D eigenvalue weighted by Gasteiger charge is -2.32. The van der Waals surface area contributed by atoms with Gasteiger partial charge >= 0.3 is 0 Å². The quantitative estimate of drug-likeness (QED) is 0.696. The van der Waals surface area contributed by atoms with Gasteiger partial charge in [0, 0.05) is 48.5 Å². The highest BCUT2D eigenvalue weighted by molar-refractivity contribution is 5.54. The number of piperidine rings is 1. The second-order valence-electron chi connectivity index (χ2n) is 7.49. The van der Waals surface area contributed by atoms with Crippen LogP contribution in [-0.4, -0.2) is 39.5 Å². The minimum absolute atomic E-state index is 0.474. The average molecular weight is 374 g/mol. The minimum atomic E-state index is 0.474. The smallest absolute Gasteiger partial charge is 0.227 e. The minimum Gasteiger partial charge on any atom is -0.324 e. The summed E-state index contributed by atoms with van der Waals surface area (Å²) < 4.78 is 0. The van der Waals surface area contributed by atoms with Gasteiger partial charge in [-0.15, -0.1) is 0 Å². The summed E-state index contributed by atoms with van der Waals surface area (Å²) in [6.07, 6.45) is 7.01. The molecule has 3 aromatic rings. The Balaban J connectivity index is 1.42. The number of rotatable bonds is 6. The van der Waals surface area contributed by atoms with Crippen molar-refractivity contribution in [2.45, 2.75) is 32.1 Å². The van der Waals surface area contributed by atoms with Crippen LogP contribution in [0.4, 0.5) is 11.6 Å². The predicted octanol–water partition coefficient (Wildman–Crippen LogP) is 4.35. The van der Waals surface area contributed by atoms with Crippen molar-refractivity contribution in [2.24, 2.45) is 0 Å². The zero-order chi connectivity index (χ0) is 19.2. The third kappa shape index (κ3) is 4.93. The third-order valence-corrected chi connectivity index (χ3v) is 5.28. The molecule has 1 N–H and O–H groups in total. The molecule has 144 valence electrons. The normalized spacial score (nSPS) is 17.4. The summed E-state index contributed by atoms with van der Waals surface area (Å²) >= 11 is 0. The van der Waals surface area contributed by atoms with Crippen LogP contribution in [0.15, 0.2) is 60.9 Å². The first-order valence-corrected chi connectivity index (χ1v) is 10.1. The van der Waals surface area contributed by atoms with Gasteiger partial charge in [0.2, 0.25) is 5.95 Å². The van der Waals surface area contributed by atoms with E-state index in [1.54, 1.807) is 12.4 Å². The first-order valence-electron chi connectivity index (χ1n) is 10.1. The van der Waals surface area contributed by atoms with Gasteiger partial charge < -0.3 is 10.2 Å². The second-order valence-corrected chi connectivity index (χ2v) is 7.49. The number of hydrogen-bond donors (Lipinski definition) is 1. The number of hydrogen-bond acceptors (Lipinski definition) is 5. The molecule has 1 aromatic carbocycles. The van der Waals surface area contributed by atoms with Crippen LogP contribution < -0.4 is 5.32 Å². The van der Waals surface area contributed by atoms with Crippen LogP contribution >= 0.6 is 0 Å². The maximum Gasteiger partial charge on any atom is 0.227 e. The molecule has 0 saturated carbocycles. The average Bonchev–Trinajstić information content (AvgIpc) is 2.74. The van der Waals surface area contributed by atoms with Gasteiger partial charge in [0.25, 0.3) is 0 Å². The molecule has 1 atom stereocenters. The van der Waals surface area contributed by atoms with Crippen LogP contribution in [0.5, 0.6) is 0 Å². The van der Waals surface area contributed by atoms with Gasteiger partial charge in [-0.2, -0.15) is 0 Å². The summed E-state index contributed by atoms with van der Waals surface area (Å²) in [5.41, 5.74) is 4.61. The zero-order valence-corrected chi connectivity index (χ0v) is 16.4. The van der Waals surface area contributed by atoms with Crippen LogP contribution in [0.25, 0.3) is 0 Å². The number of nitrogens with one attached hydrogen (secondary N) is 1. The molecular formula is C23H27N5. The highest BCUT2D eigenvalue weighted by atomic mass is 15.1. The van der Waals surface area contributed by atoms with Crippen LogP contribution in [0.3, 0.4) is 0 Å². The van der Waals surface area contributed by atoms with Gasteiger partial charge in [-0.25, -0.2) is 9.97 Å². The van der Waals surface area contributed by atoms with E-state index in [0.29, 0.717) is 11.9 Å². The van der Waals surface area contributed by atoms with E-state index in [1.807, 2.05) is 6.07 Å². The number of anilines is 2. The molecule has 2 aromatic heterocycles. The lowest BCUT2D eigenvalue weighted by atomic mass is 9.93. The first kappa shape index (κ1) is 18.6. The van der Waals surface area contributed by atoms with Crippen molar-refractivity contribution < 1.29 is 0 Å². The Kier molecular flexibility index (Phi) is 5.92. The molecule has 0 spiro atoms. The number of aryl methyl sites for hydroxylation is 1. The van der Waals surface area contributed by atoms with Crippen LogP contribution in [0.1, 0.15) is 35.7 Å². The molecule has 3 heterocycles. The molecule has 1 aliphatic heterocycles. The fraction of sp³-hybridized carbons (Fsp3) is 0.348. The van der Waals surface area contributed by atoms with Gasteiger partial charge in [0.05, 0.1) is 0 Å². The fourth-order valence-electron chi connectivity index (χ4n) is 3.90. The van der Waals surface area contributed by atoms with Crippen molar-refractivity contribution in [3.8, 4) is 0 Å². The maximum absolute atomic E-state index is 4.84.